The largest absolute Gasteiger partial charge is 0.465 e. The van der Waals surface area contributed by atoms with E-state index in [0.717, 1.165) is 28.6 Å². The van der Waals surface area contributed by atoms with Gasteiger partial charge in [-0.1, -0.05) is 59.2 Å². The normalized spacial score (nSPS) is 16.8. The van der Waals surface area contributed by atoms with E-state index >= 15 is 0 Å². The second-order valence-electron chi connectivity index (χ2n) is 5.51. The number of para-hydroxylation sites is 1. The van der Waals surface area contributed by atoms with Gasteiger partial charge in [0, 0.05) is 4.91 Å². The quantitative estimate of drug-likeness (QED) is 0.507. The summed E-state index contributed by atoms with van der Waals surface area (Å²) in [5.41, 5.74) is 0.998. The summed E-state index contributed by atoms with van der Waals surface area (Å²) in [5.74, 6) is -1.06. The van der Waals surface area contributed by atoms with E-state index in [4.69, 9.17) is 9.47 Å². The predicted octanol–water partition coefficient (Wildman–Crippen LogP) is 5.80. The third-order valence-corrected chi connectivity index (χ3v) is 10.1. The fourth-order valence-corrected chi connectivity index (χ4v) is 8.22. The molecular formula is C19H13NO4S5. The second kappa shape index (κ2) is 9.05. The first-order valence-electron chi connectivity index (χ1n) is 8.18. The number of carbonyl (C=O) groups excluding carboxylic acids is 2. The van der Waals surface area contributed by atoms with Crippen LogP contribution in [0.3, 0.4) is 0 Å². The van der Waals surface area contributed by atoms with Crippen molar-refractivity contribution in [1.29, 1.82) is 0 Å². The molecule has 0 radical (unpaired) electrons. The number of hydrogen-bond donors (Lipinski definition) is 0. The monoisotopic (exact) mass is 479 g/mol. The minimum absolute atomic E-state index is 0.270. The summed E-state index contributed by atoms with van der Waals surface area (Å²) in [4.78, 5) is 30.2. The van der Waals surface area contributed by atoms with E-state index < -0.39 is 11.9 Å². The van der Waals surface area contributed by atoms with Crippen LogP contribution in [-0.2, 0) is 19.1 Å². The van der Waals surface area contributed by atoms with Crippen molar-refractivity contribution in [2.45, 2.75) is 0 Å². The first kappa shape index (κ1) is 20.7. The van der Waals surface area contributed by atoms with Crippen molar-refractivity contribution < 1.29 is 19.1 Å². The highest BCUT2D eigenvalue weighted by Gasteiger charge is 2.34. The average Bonchev–Trinajstić information content (AvgIpc) is 3.48. The second-order valence-corrected chi connectivity index (χ2v) is 11.1. The molecule has 0 spiro atoms. The number of esters is 2. The van der Waals surface area contributed by atoms with E-state index in [1.807, 2.05) is 35.8 Å². The summed E-state index contributed by atoms with van der Waals surface area (Å²) < 4.78 is 12.7. The number of hydrogen-bond acceptors (Lipinski definition) is 10. The maximum absolute atomic E-state index is 12.0. The van der Waals surface area contributed by atoms with Crippen molar-refractivity contribution in [3.63, 3.8) is 0 Å². The fourth-order valence-electron chi connectivity index (χ4n) is 2.38. The molecule has 0 amide bonds. The number of thioether (sulfide) groups is 4. The molecule has 0 bridgehead atoms. The van der Waals surface area contributed by atoms with Gasteiger partial charge >= 0.3 is 11.9 Å². The maximum Gasteiger partial charge on any atom is 0.346 e. The Bertz CT molecular complexity index is 1070. The molecule has 2 aliphatic heterocycles. The highest BCUT2D eigenvalue weighted by molar-refractivity contribution is 8.34. The topological polar surface area (TPSA) is 65.5 Å². The molecule has 2 aliphatic rings. The molecule has 148 valence electrons. The van der Waals surface area contributed by atoms with Crippen LogP contribution >= 0.6 is 58.4 Å². The summed E-state index contributed by atoms with van der Waals surface area (Å²) in [6.07, 6.45) is 4.04. The van der Waals surface area contributed by atoms with Crippen molar-refractivity contribution >= 4 is 86.6 Å². The molecule has 5 nitrogen and oxygen atoms in total. The summed E-state index contributed by atoms with van der Waals surface area (Å²) in [7, 11) is 2.60. The molecule has 0 aliphatic carbocycles. The predicted molar refractivity (Wildman–Crippen MR) is 125 cm³/mol. The number of methoxy groups -OCH3 is 2. The van der Waals surface area contributed by atoms with Crippen LogP contribution in [0.1, 0.15) is 5.01 Å². The lowest BCUT2D eigenvalue weighted by molar-refractivity contribution is -0.138. The smallest absolute Gasteiger partial charge is 0.346 e. The molecular weight excluding hydrogens is 467 g/mol. The molecule has 29 heavy (non-hydrogen) atoms. The number of allylic oxidation sites excluding steroid dienone is 1. The lowest BCUT2D eigenvalue weighted by atomic mass is 10.3. The van der Waals surface area contributed by atoms with Crippen molar-refractivity contribution in [3.05, 3.63) is 63.9 Å². The molecule has 0 unspecified atom stereocenters. The standard InChI is InChI=1S/C19H13NO4S5/c1-23-16(21)14-15(17(22)24-2)29-19(28-14)18-25-9-10(26-18)7-8-13-20-11-5-3-4-6-12(11)27-13/h3-9H,1-2H3/b8-7+. The number of rotatable bonds is 4. The highest BCUT2D eigenvalue weighted by Crippen LogP contribution is 2.58. The fraction of sp³-hybridized carbons (Fsp3) is 0.105. The Hall–Kier alpha value is -1.59. The number of aromatic nitrogens is 1. The minimum atomic E-state index is -0.532. The van der Waals surface area contributed by atoms with E-state index in [-0.39, 0.29) is 9.81 Å². The summed E-state index contributed by atoms with van der Waals surface area (Å²) >= 11 is 7.31. The van der Waals surface area contributed by atoms with Gasteiger partial charge in [-0.15, -0.1) is 11.3 Å². The van der Waals surface area contributed by atoms with Gasteiger partial charge in [0.15, 0.2) is 0 Å². The van der Waals surface area contributed by atoms with Gasteiger partial charge in [0.25, 0.3) is 0 Å². The molecule has 2 aromatic rings. The number of carbonyl (C=O) groups is 2. The van der Waals surface area contributed by atoms with E-state index in [1.54, 1.807) is 34.9 Å². The van der Waals surface area contributed by atoms with Crippen molar-refractivity contribution in [1.82, 2.24) is 4.98 Å². The van der Waals surface area contributed by atoms with Gasteiger partial charge in [0.1, 0.15) is 14.8 Å². The number of ether oxygens (including phenoxy) is 2. The van der Waals surface area contributed by atoms with Gasteiger partial charge in [-0.2, -0.15) is 0 Å². The molecule has 0 N–H and O–H groups in total. The van der Waals surface area contributed by atoms with E-state index in [1.165, 1.54) is 37.7 Å². The van der Waals surface area contributed by atoms with Crippen LogP contribution in [0.15, 0.2) is 58.9 Å². The number of thiazole rings is 1. The van der Waals surface area contributed by atoms with Gasteiger partial charge in [-0.3, -0.25) is 0 Å². The Morgan fingerprint density at radius 2 is 1.62 bits per heavy atom. The summed E-state index contributed by atoms with van der Waals surface area (Å²) in [6.45, 7) is 0. The van der Waals surface area contributed by atoms with E-state index in [0.29, 0.717) is 0 Å². The lowest BCUT2D eigenvalue weighted by Gasteiger charge is -2.01. The minimum Gasteiger partial charge on any atom is -0.465 e. The van der Waals surface area contributed by atoms with Gasteiger partial charge in [-0.05, 0) is 29.7 Å². The zero-order valence-corrected chi connectivity index (χ0v) is 19.2. The Balaban J connectivity index is 1.48. The molecule has 0 fully saturated rings. The third kappa shape index (κ3) is 4.46. The Labute approximate surface area is 188 Å². The average molecular weight is 480 g/mol. The molecule has 4 rings (SSSR count). The van der Waals surface area contributed by atoms with E-state index in [2.05, 4.69) is 11.1 Å². The Morgan fingerprint density at radius 3 is 2.28 bits per heavy atom. The van der Waals surface area contributed by atoms with Gasteiger partial charge in [0.2, 0.25) is 0 Å². The highest BCUT2D eigenvalue weighted by atomic mass is 32.2. The molecule has 10 heteroatoms. The number of fused-ring (bicyclic) bond motifs is 1. The molecule has 1 aromatic heterocycles. The van der Waals surface area contributed by atoms with Crippen LogP contribution in [0, 0.1) is 0 Å². The number of benzene rings is 1. The maximum atomic E-state index is 12.0. The zero-order chi connectivity index (χ0) is 20.4. The first-order chi connectivity index (χ1) is 14.1. The molecule has 1 aromatic carbocycles. The molecule has 0 saturated carbocycles. The van der Waals surface area contributed by atoms with Crippen LogP contribution in [-0.4, -0.2) is 31.1 Å². The SMILES string of the molecule is COC(=O)C1=C(C(=O)OC)SC(=C2SC=C(/C=C/c3nc4ccccc4s3)S2)S1. The van der Waals surface area contributed by atoms with Crippen molar-refractivity contribution in [2.75, 3.05) is 14.2 Å². The molecule has 0 saturated heterocycles. The Morgan fingerprint density at radius 1 is 0.931 bits per heavy atom. The van der Waals surface area contributed by atoms with Crippen molar-refractivity contribution in [3.8, 4) is 0 Å². The molecule has 3 heterocycles. The van der Waals surface area contributed by atoms with Crippen LogP contribution in [0.25, 0.3) is 16.3 Å². The van der Waals surface area contributed by atoms with Crippen LogP contribution < -0.4 is 0 Å². The Kier molecular flexibility index (Phi) is 6.45. The van der Waals surface area contributed by atoms with Crippen LogP contribution in [0.4, 0.5) is 0 Å². The van der Waals surface area contributed by atoms with Gasteiger partial charge in [-0.25, -0.2) is 14.6 Å². The zero-order valence-electron chi connectivity index (χ0n) is 15.2. The third-order valence-electron chi connectivity index (χ3n) is 3.70. The molecule has 0 atom stereocenters. The summed E-state index contributed by atoms with van der Waals surface area (Å²) in [5, 5.41) is 3.00. The van der Waals surface area contributed by atoms with Gasteiger partial charge < -0.3 is 9.47 Å². The van der Waals surface area contributed by atoms with Crippen LogP contribution in [0.2, 0.25) is 0 Å². The van der Waals surface area contributed by atoms with Crippen molar-refractivity contribution in [2.24, 2.45) is 0 Å². The first-order valence-corrected chi connectivity index (χ1v) is 12.3. The van der Waals surface area contributed by atoms with E-state index in [9.17, 15) is 9.59 Å². The lowest BCUT2D eigenvalue weighted by Crippen LogP contribution is -2.08. The van der Waals surface area contributed by atoms with Gasteiger partial charge in [0.05, 0.1) is 32.9 Å². The number of nitrogens with zero attached hydrogens (tertiary/aromatic N) is 1. The van der Waals surface area contributed by atoms with Crippen LogP contribution in [0.5, 0.6) is 0 Å². The summed E-state index contributed by atoms with van der Waals surface area (Å²) in [6, 6.07) is 8.06.